The summed E-state index contributed by atoms with van der Waals surface area (Å²) in [5.74, 6) is 0.553. The van der Waals surface area contributed by atoms with Gasteiger partial charge in [0.1, 0.15) is 0 Å². The van der Waals surface area contributed by atoms with E-state index in [1.807, 2.05) is 0 Å². The molecule has 0 N–H and O–H groups in total. The molecule has 0 rings (SSSR count). The van der Waals surface area contributed by atoms with Crippen LogP contribution >= 0.6 is 0 Å². The number of unbranched alkanes of at least 4 members (excludes halogenated alkanes) is 1. The predicted molar refractivity (Wildman–Crippen MR) is 123 cm³/mol. The van der Waals surface area contributed by atoms with Crippen molar-refractivity contribution in [3.63, 3.8) is 0 Å². The third kappa shape index (κ3) is 9.90. The molecule has 1 atom stereocenters. The summed E-state index contributed by atoms with van der Waals surface area (Å²) in [7, 11) is 5.06. The highest BCUT2D eigenvalue weighted by molar-refractivity contribution is 6.60. The average molecular weight is 453 g/mol. The predicted octanol–water partition coefficient (Wildman–Crippen LogP) is 5.38. The van der Waals surface area contributed by atoms with E-state index in [4.69, 9.17) is 26.6 Å². The molecule has 0 aliphatic carbocycles. The van der Waals surface area contributed by atoms with Gasteiger partial charge in [-0.15, -0.1) is 0 Å². The Bertz CT molecular complexity index is 415. The van der Waals surface area contributed by atoms with E-state index in [2.05, 4.69) is 34.6 Å². The highest BCUT2D eigenvalue weighted by Crippen LogP contribution is 2.44. The maximum Gasteiger partial charge on any atom is 0.500 e. The second kappa shape index (κ2) is 12.9. The highest BCUT2D eigenvalue weighted by atomic mass is 28.4. The van der Waals surface area contributed by atoms with Crippen LogP contribution in [0.1, 0.15) is 66.7 Å². The molecule has 0 aromatic heterocycles. The summed E-state index contributed by atoms with van der Waals surface area (Å²) in [6.07, 6.45) is 5.49. The van der Waals surface area contributed by atoms with Gasteiger partial charge in [0, 0.05) is 54.7 Å². The van der Waals surface area contributed by atoms with Gasteiger partial charge in [-0.05, 0) is 42.4 Å². The molecule has 29 heavy (non-hydrogen) atoms. The van der Waals surface area contributed by atoms with E-state index in [1.54, 1.807) is 42.7 Å². The molecule has 0 aromatic rings. The summed E-state index contributed by atoms with van der Waals surface area (Å²) >= 11 is 0. The molecule has 0 heterocycles. The topological polar surface area (TPSA) is 55.4 Å². The van der Waals surface area contributed by atoms with Crippen LogP contribution in [-0.4, -0.2) is 60.3 Å². The SMILES string of the molecule is CO[Si](CCCCC(CC[Si](OC)(OC)OC)C(C)(C)CC(C)(C)C)(OC)OC. The van der Waals surface area contributed by atoms with Crippen LogP contribution in [-0.2, 0) is 26.6 Å². The van der Waals surface area contributed by atoms with Crippen molar-refractivity contribution in [3.05, 3.63) is 0 Å². The monoisotopic (exact) mass is 452 g/mol. The van der Waals surface area contributed by atoms with Crippen molar-refractivity contribution in [2.75, 3.05) is 42.7 Å². The molecule has 0 aliphatic heterocycles. The molecule has 0 aliphatic rings. The van der Waals surface area contributed by atoms with E-state index in [0.717, 1.165) is 37.8 Å². The smallest absolute Gasteiger partial charge is 0.377 e. The normalized spacial score (nSPS) is 15.0. The third-order valence-electron chi connectivity index (χ3n) is 6.04. The zero-order valence-electron chi connectivity index (χ0n) is 21.0. The van der Waals surface area contributed by atoms with Gasteiger partial charge in [0.05, 0.1) is 0 Å². The lowest BCUT2D eigenvalue weighted by atomic mass is 9.66. The molecule has 0 aromatic carbocycles. The summed E-state index contributed by atoms with van der Waals surface area (Å²) < 4.78 is 33.7. The van der Waals surface area contributed by atoms with Gasteiger partial charge in [0.2, 0.25) is 0 Å². The summed E-state index contributed by atoms with van der Waals surface area (Å²) in [4.78, 5) is 0. The zero-order valence-corrected chi connectivity index (χ0v) is 23.0. The Morgan fingerprint density at radius 3 is 1.38 bits per heavy atom. The number of hydrogen-bond acceptors (Lipinski definition) is 6. The fourth-order valence-electron chi connectivity index (χ4n) is 4.63. The minimum atomic E-state index is -2.57. The van der Waals surface area contributed by atoms with Crippen LogP contribution in [0.25, 0.3) is 0 Å². The van der Waals surface area contributed by atoms with Gasteiger partial charge in [-0.25, -0.2) is 0 Å². The van der Waals surface area contributed by atoms with Crippen LogP contribution in [0.2, 0.25) is 12.1 Å². The first-order valence-electron chi connectivity index (χ1n) is 10.7. The molecule has 0 saturated carbocycles. The van der Waals surface area contributed by atoms with E-state index >= 15 is 0 Å². The van der Waals surface area contributed by atoms with Crippen molar-refractivity contribution in [1.82, 2.24) is 0 Å². The fraction of sp³-hybridized carbons (Fsp3) is 1.00. The lowest BCUT2D eigenvalue weighted by molar-refractivity contribution is 0.0963. The highest BCUT2D eigenvalue weighted by Gasteiger charge is 2.41. The standard InChI is InChI=1S/C21H48O6Si2/c1-20(2,3)18-21(4,5)19(15-17-29(25-9,26-10)27-11)14-12-13-16-28(22-6,23-7)24-8/h19H,12-18H2,1-11H3. The average Bonchev–Trinajstić information content (AvgIpc) is 2.66. The van der Waals surface area contributed by atoms with Gasteiger partial charge in [0.25, 0.3) is 0 Å². The van der Waals surface area contributed by atoms with Crippen LogP contribution < -0.4 is 0 Å². The number of rotatable bonds is 16. The van der Waals surface area contributed by atoms with E-state index in [1.165, 1.54) is 6.42 Å². The Hall–Kier alpha value is 0.194. The maximum absolute atomic E-state index is 5.66. The van der Waals surface area contributed by atoms with Crippen molar-refractivity contribution in [1.29, 1.82) is 0 Å². The molecule has 0 saturated heterocycles. The summed E-state index contributed by atoms with van der Waals surface area (Å²) in [5, 5.41) is 0. The summed E-state index contributed by atoms with van der Waals surface area (Å²) in [6.45, 7) is 11.8. The Labute approximate surface area is 182 Å². The first-order valence-corrected chi connectivity index (χ1v) is 14.6. The lowest BCUT2D eigenvalue weighted by Gasteiger charge is -2.40. The van der Waals surface area contributed by atoms with Gasteiger partial charge in [-0.3, -0.25) is 0 Å². The second-order valence-electron chi connectivity index (χ2n) is 9.80. The number of hydrogen-bond donors (Lipinski definition) is 0. The molecular weight excluding hydrogens is 404 g/mol. The van der Waals surface area contributed by atoms with E-state index in [9.17, 15) is 0 Å². The van der Waals surface area contributed by atoms with Gasteiger partial charge >= 0.3 is 17.6 Å². The van der Waals surface area contributed by atoms with Crippen LogP contribution in [0.5, 0.6) is 0 Å². The quantitative estimate of drug-likeness (QED) is 0.231. The van der Waals surface area contributed by atoms with Crippen LogP contribution in [0, 0.1) is 16.7 Å². The van der Waals surface area contributed by atoms with Gasteiger partial charge in [-0.2, -0.15) is 0 Å². The van der Waals surface area contributed by atoms with Crippen LogP contribution in [0.3, 0.4) is 0 Å². The Morgan fingerprint density at radius 1 is 0.586 bits per heavy atom. The molecule has 8 heteroatoms. The van der Waals surface area contributed by atoms with Crippen molar-refractivity contribution in [2.24, 2.45) is 16.7 Å². The molecule has 0 fully saturated rings. The van der Waals surface area contributed by atoms with Crippen molar-refractivity contribution in [3.8, 4) is 0 Å². The van der Waals surface area contributed by atoms with Crippen molar-refractivity contribution in [2.45, 2.75) is 78.8 Å². The van der Waals surface area contributed by atoms with Gasteiger partial charge in [-0.1, -0.05) is 41.0 Å². The third-order valence-corrected chi connectivity index (χ3v) is 11.6. The lowest BCUT2D eigenvalue weighted by Crippen LogP contribution is -2.44. The van der Waals surface area contributed by atoms with Crippen LogP contribution in [0.15, 0.2) is 0 Å². The zero-order chi connectivity index (χ0) is 22.8. The van der Waals surface area contributed by atoms with E-state index in [0.29, 0.717) is 5.92 Å². The first kappa shape index (κ1) is 29.2. The molecule has 0 radical (unpaired) electrons. The van der Waals surface area contributed by atoms with Gasteiger partial charge in [0.15, 0.2) is 0 Å². The maximum atomic E-state index is 5.66. The van der Waals surface area contributed by atoms with Crippen molar-refractivity contribution >= 4 is 17.6 Å². The van der Waals surface area contributed by atoms with Crippen molar-refractivity contribution < 1.29 is 26.6 Å². The molecule has 0 bridgehead atoms. The minimum Gasteiger partial charge on any atom is -0.377 e. The van der Waals surface area contributed by atoms with E-state index < -0.39 is 17.6 Å². The molecular formula is C21H48O6Si2. The molecule has 6 nitrogen and oxygen atoms in total. The summed E-state index contributed by atoms with van der Waals surface area (Å²) in [6, 6.07) is 1.68. The van der Waals surface area contributed by atoms with Gasteiger partial charge < -0.3 is 26.6 Å². The van der Waals surface area contributed by atoms with Crippen LogP contribution in [0.4, 0.5) is 0 Å². The second-order valence-corrected chi connectivity index (χ2v) is 16.0. The van der Waals surface area contributed by atoms with E-state index in [-0.39, 0.29) is 10.8 Å². The molecule has 176 valence electrons. The molecule has 0 amide bonds. The fourth-order valence-corrected chi connectivity index (χ4v) is 8.24. The molecule has 0 spiro atoms. The Kier molecular flexibility index (Phi) is 13.0. The Morgan fingerprint density at radius 2 is 1.00 bits per heavy atom. The minimum absolute atomic E-state index is 0.214. The molecule has 1 unspecified atom stereocenters. The Balaban J connectivity index is 5.14. The first-order chi connectivity index (χ1) is 13.4. The largest absolute Gasteiger partial charge is 0.500 e. The summed E-state index contributed by atoms with van der Waals surface area (Å²) in [5.41, 5.74) is 0.496.